The summed E-state index contributed by atoms with van der Waals surface area (Å²) in [4.78, 5) is 13.1. The van der Waals surface area contributed by atoms with Crippen LogP contribution < -0.4 is 5.32 Å². The van der Waals surface area contributed by atoms with Gasteiger partial charge in [-0.25, -0.2) is 8.42 Å². The number of amides is 1. The number of nitrogens with zero attached hydrogens (tertiary/aromatic N) is 1. The molecular formula is C26H24N2O3S. The Kier molecular flexibility index (Phi) is 6.35. The van der Waals surface area contributed by atoms with Crippen molar-refractivity contribution in [3.05, 3.63) is 108 Å². The predicted molar refractivity (Wildman–Crippen MR) is 128 cm³/mol. The summed E-state index contributed by atoms with van der Waals surface area (Å²) in [5.41, 5.74) is 2.42. The summed E-state index contributed by atoms with van der Waals surface area (Å²) in [5, 5.41) is 4.79. The molecule has 0 aliphatic rings. The van der Waals surface area contributed by atoms with Crippen LogP contribution in [-0.4, -0.2) is 25.2 Å². The normalized spacial score (nSPS) is 11.6. The lowest BCUT2D eigenvalue weighted by Crippen LogP contribution is -2.37. The number of carbonyl (C=O) groups is 1. The molecule has 6 heteroatoms. The third kappa shape index (κ3) is 4.88. The van der Waals surface area contributed by atoms with Gasteiger partial charge >= 0.3 is 0 Å². The van der Waals surface area contributed by atoms with E-state index >= 15 is 0 Å². The second kappa shape index (κ2) is 9.34. The zero-order chi connectivity index (χ0) is 22.6. The lowest BCUT2D eigenvalue weighted by Gasteiger charge is -2.22. The Morgan fingerprint density at radius 3 is 2.22 bits per heavy atom. The molecule has 4 rings (SSSR count). The Balaban J connectivity index is 1.62. The van der Waals surface area contributed by atoms with Crippen molar-refractivity contribution in [1.29, 1.82) is 0 Å². The number of fused-ring (bicyclic) bond motifs is 1. The second-order valence-electron chi connectivity index (χ2n) is 7.65. The lowest BCUT2D eigenvalue weighted by molar-refractivity contribution is -0.116. The Labute approximate surface area is 188 Å². The minimum atomic E-state index is -3.87. The van der Waals surface area contributed by atoms with Crippen molar-refractivity contribution in [1.82, 2.24) is 4.31 Å². The van der Waals surface area contributed by atoms with Gasteiger partial charge in [0, 0.05) is 17.6 Å². The number of hydrogen-bond donors (Lipinski definition) is 1. The van der Waals surface area contributed by atoms with Crippen LogP contribution >= 0.6 is 0 Å². The van der Waals surface area contributed by atoms with Crippen LogP contribution in [0.25, 0.3) is 10.8 Å². The van der Waals surface area contributed by atoms with Gasteiger partial charge in [0.2, 0.25) is 15.9 Å². The maximum Gasteiger partial charge on any atom is 0.243 e. The van der Waals surface area contributed by atoms with E-state index in [9.17, 15) is 13.2 Å². The number of anilines is 1. The molecule has 32 heavy (non-hydrogen) atoms. The fraction of sp³-hybridized carbons (Fsp3) is 0.115. The fourth-order valence-corrected chi connectivity index (χ4v) is 4.94. The molecule has 0 aromatic heterocycles. The van der Waals surface area contributed by atoms with E-state index in [4.69, 9.17) is 0 Å². The van der Waals surface area contributed by atoms with E-state index in [2.05, 4.69) is 5.32 Å². The number of hydrogen-bond acceptors (Lipinski definition) is 3. The molecule has 4 aromatic carbocycles. The van der Waals surface area contributed by atoms with Crippen LogP contribution in [-0.2, 0) is 21.4 Å². The zero-order valence-corrected chi connectivity index (χ0v) is 18.5. The van der Waals surface area contributed by atoms with E-state index in [1.54, 1.807) is 24.3 Å². The number of sulfonamides is 1. The minimum absolute atomic E-state index is 0.0972. The fourth-order valence-electron chi connectivity index (χ4n) is 3.56. The third-order valence-corrected chi connectivity index (χ3v) is 7.05. The molecule has 162 valence electrons. The summed E-state index contributed by atoms with van der Waals surface area (Å²) in [5.74, 6) is -0.395. The number of benzene rings is 4. The van der Waals surface area contributed by atoms with E-state index < -0.39 is 15.9 Å². The van der Waals surface area contributed by atoms with E-state index in [1.165, 1.54) is 4.31 Å². The minimum Gasteiger partial charge on any atom is -0.324 e. The summed E-state index contributed by atoms with van der Waals surface area (Å²) < 4.78 is 28.0. The Morgan fingerprint density at radius 2 is 1.47 bits per heavy atom. The Morgan fingerprint density at radius 1 is 0.812 bits per heavy atom. The van der Waals surface area contributed by atoms with Crippen molar-refractivity contribution in [3.63, 3.8) is 0 Å². The molecular weight excluding hydrogens is 420 g/mol. The van der Waals surface area contributed by atoms with E-state index in [0.29, 0.717) is 5.69 Å². The first-order valence-corrected chi connectivity index (χ1v) is 11.8. The molecule has 0 aliphatic carbocycles. The van der Waals surface area contributed by atoms with Gasteiger partial charge in [0.15, 0.2) is 0 Å². The molecule has 0 heterocycles. The third-order valence-electron chi connectivity index (χ3n) is 5.24. The summed E-state index contributed by atoms with van der Waals surface area (Å²) in [7, 11) is -3.87. The summed E-state index contributed by atoms with van der Waals surface area (Å²) in [6, 6.07) is 29.3. The maximum atomic E-state index is 13.4. The second-order valence-corrected chi connectivity index (χ2v) is 9.58. The first-order valence-electron chi connectivity index (χ1n) is 10.3. The van der Waals surface area contributed by atoms with Crippen molar-refractivity contribution in [2.24, 2.45) is 0 Å². The largest absolute Gasteiger partial charge is 0.324 e. The molecule has 0 radical (unpaired) electrons. The highest BCUT2D eigenvalue weighted by Crippen LogP contribution is 2.24. The smallest absolute Gasteiger partial charge is 0.243 e. The Bertz CT molecular complexity index is 1330. The van der Waals surface area contributed by atoms with Gasteiger partial charge in [-0.05, 0) is 36.1 Å². The first-order chi connectivity index (χ1) is 15.4. The molecule has 1 amide bonds. The lowest BCUT2D eigenvalue weighted by atomic mass is 10.1. The highest BCUT2D eigenvalue weighted by atomic mass is 32.2. The molecule has 0 atom stereocenters. The monoisotopic (exact) mass is 444 g/mol. The highest BCUT2D eigenvalue weighted by molar-refractivity contribution is 7.89. The molecule has 0 fully saturated rings. The van der Waals surface area contributed by atoms with Crippen LogP contribution in [0.15, 0.2) is 102 Å². The standard InChI is InChI=1S/C26H24N2O3S/c1-20-14-16-23(17-15-20)32(30,31)28(18-21-8-3-2-4-9-21)19-26(29)27-25-13-7-11-22-10-5-6-12-24(22)25/h2-17H,18-19H2,1H3,(H,27,29). The van der Waals surface area contributed by atoms with Gasteiger partial charge in [0.25, 0.3) is 0 Å². The van der Waals surface area contributed by atoms with Crippen LogP contribution in [0.5, 0.6) is 0 Å². The molecule has 0 aliphatic heterocycles. The number of rotatable bonds is 7. The van der Waals surface area contributed by atoms with Gasteiger partial charge in [-0.1, -0.05) is 84.4 Å². The van der Waals surface area contributed by atoms with Crippen molar-refractivity contribution in [2.45, 2.75) is 18.4 Å². The van der Waals surface area contributed by atoms with Crippen molar-refractivity contribution in [2.75, 3.05) is 11.9 Å². The summed E-state index contributed by atoms with van der Waals surface area (Å²) >= 11 is 0. The van der Waals surface area contributed by atoms with Gasteiger partial charge in [0.1, 0.15) is 0 Å². The van der Waals surface area contributed by atoms with Crippen LogP contribution in [0.3, 0.4) is 0 Å². The average Bonchev–Trinajstić information content (AvgIpc) is 2.80. The topological polar surface area (TPSA) is 66.5 Å². The van der Waals surface area contributed by atoms with Crippen molar-refractivity contribution < 1.29 is 13.2 Å². The average molecular weight is 445 g/mol. The first kappa shape index (κ1) is 21.7. The van der Waals surface area contributed by atoms with Crippen LogP contribution in [0.4, 0.5) is 5.69 Å². The molecule has 4 aromatic rings. The molecule has 0 bridgehead atoms. The van der Waals surface area contributed by atoms with Gasteiger partial charge in [-0.15, -0.1) is 0 Å². The molecule has 0 saturated heterocycles. The zero-order valence-electron chi connectivity index (χ0n) is 17.7. The molecule has 5 nitrogen and oxygen atoms in total. The SMILES string of the molecule is Cc1ccc(S(=O)(=O)N(CC(=O)Nc2cccc3ccccc23)Cc2ccccc2)cc1. The van der Waals surface area contributed by atoms with Crippen molar-refractivity contribution in [3.8, 4) is 0 Å². The van der Waals surface area contributed by atoms with Crippen LogP contribution in [0.2, 0.25) is 0 Å². The van der Waals surface area contributed by atoms with Gasteiger partial charge < -0.3 is 5.32 Å². The summed E-state index contributed by atoms with van der Waals surface area (Å²) in [6.07, 6.45) is 0. The van der Waals surface area contributed by atoms with Crippen molar-refractivity contribution >= 4 is 32.4 Å². The number of carbonyl (C=O) groups excluding carboxylic acids is 1. The Hall–Kier alpha value is -3.48. The van der Waals surface area contributed by atoms with Gasteiger partial charge in [0.05, 0.1) is 11.4 Å². The van der Waals surface area contributed by atoms with E-state index in [0.717, 1.165) is 21.9 Å². The molecule has 0 unspecified atom stereocenters. The predicted octanol–water partition coefficient (Wildman–Crippen LogP) is 4.98. The quantitative estimate of drug-likeness (QED) is 0.437. The van der Waals surface area contributed by atoms with E-state index in [1.807, 2.05) is 79.7 Å². The van der Waals surface area contributed by atoms with E-state index in [-0.39, 0.29) is 18.0 Å². The van der Waals surface area contributed by atoms with Crippen LogP contribution in [0.1, 0.15) is 11.1 Å². The van der Waals surface area contributed by atoms with Gasteiger partial charge in [-0.2, -0.15) is 4.31 Å². The van der Waals surface area contributed by atoms with Crippen LogP contribution in [0, 0.1) is 6.92 Å². The van der Waals surface area contributed by atoms with Gasteiger partial charge in [-0.3, -0.25) is 4.79 Å². The number of nitrogens with one attached hydrogen (secondary N) is 1. The highest BCUT2D eigenvalue weighted by Gasteiger charge is 2.27. The maximum absolute atomic E-state index is 13.4. The molecule has 0 saturated carbocycles. The number of aryl methyl sites for hydroxylation is 1. The summed E-state index contributed by atoms with van der Waals surface area (Å²) in [6.45, 7) is 1.70. The molecule has 0 spiro atoms. The molecule has 1 N–H and O–H groups in total.